The van der Waals surface area contributed by atoms with E-state index in [1.54, 1.807) is 19.2 Å². The van der Waals surface area contributed by atoms with E-state index in [2.05, 4.69) is 5.32 Å². The van der Waals surface area contributed by atoms with Crippen molar-refractivity contribution in [2.45, 2.75) is 12.5 Å². The Morgan fingerprint density at radius 2 is 2.07 bits per heavy atom. The van der Waals surface area contributed by atoms with Crippen molar-refractivity contribution in [2.75, 3.05) is 7.05 Å². The largest absolute Gasteiger partial charge is 0.359 e. The third-order valence-electron chi connectivity index (χ3n) is 1.98. The van der Waals surface area contributed by atoms with Gasteiger partial charge >= 0.3 is 0 Å². The quantitative estimate of drug-likeness (QED) is 0.756. The molecule has 0 radical (unpaired) electrons. The monoisotopic (exact) mass is 196 g/mol. The van der Waals surface area contributed by atoms with Crippen LogP contribution in [0.3, 0.4) is 0 Å². The molecule has 1 rings (SSSR count). The number of rotatable bonds is 3. The molecule has 0 aromatic heterocycles. The lowest BCUT2D eigenvalue weighted by Crippen LogP contribution is -2.24. The van der Waals surface area contributed by atoms with Crippen LogP contribution in [0.2, 0.25) is 0 Å². The second kappa shape index (κ2) is 4.72. The second-order valence-corrected chi connectivity index (χ2v) is 3.04. The van der Waals surface area contributed by atoms with Crippen molar-refractivity contribution in [3.8, 4) is 0 Å². The first-order chi connectivity index (χ1) is 6.63. The summed E-state index contributed by atoms with van der Waals surface area (Å²) < 4.78 is 12.6. The zero-order valence-corrected chi connectivity index (χ0v) is 7.96. The van der Waals surface area contributed by atoms with E-state index in [1.807, 2.05) is 0 Å². The maximum atomic E-state index is 12.6. The predicted molar refractivity (Wildman–Crippen MR) is 52.0 cm³/mol. The molecule has 76 valence electrons. The average Bonchev–Trinajstić information content (AvgIpc) is 2.18. The van der Waals surface area contributed by atoms with E-state index in [0.29, 0.717) is 0 Å². The number of nitrogens with one attached hydrogen (secondary N) is 1. The van der Waals surface area contributed by atoms with Crippen molar-refractivity contribution in [3.63, 3.8) is 0 Å². The lowest BCUT2D eigenvalue weighted by molar-refractivity contribution is -0.120. The van der Waals surface area contributed by atoms with Gasteiger partial charge in [0.15, 0.2) is 0 Å². The fourth-order valence-electron chi connectivity index (χ4n) is 1.13. The van der Waals surface area contributed by atoms with Gasteiger partial charge in [0.05, 0.1) is 0 Å². The van der Waals surface area contributed by atoms with Crippen molar-refractivity contribution in [3.05, 3.63) is 35.6 Å². The molecule has 0 fully saturated rings. The number of amides is 1. The highest BCUT2D eigenvalue weighted by atomic mass is 19.1. The molecule has 0 saturated carbocycles. The first kappa shape index (κ1) is 10.7. The van der Waals surface area contributed by atoms with Gasteiger partial charge in [0.1, 0.15) is 5.82 Å². The second-order valence-electron chi connectivity index (χ2n) is 3.04. The highest BCUT2D eigenvalue weighted by Gasteiger charge is 2.09. The maximum Gasteiger partial charge on any atom is 0.221 e. The summed E-state index contributed by atoms with van der Waals surface area (Å²) in [5.41, 5.74) is 6.50. The summed E-state index contributed by atoms with van der Waals surface area (Å²) >= 11 is 0. The van der Waals surface area contributed by atoms with Gasteiger partial charge in [0, 0.05) is 19.5 Å². The number of hydrogen-bond donors (Lipinski definition) is 2. The van der Waals surface area contributed by atoms with E-state index in [1.165, 1.54) is 12.1 Å². The molecule has 0 unspecified atom stereocenters. The van der Waals surface area contributed by atoms with Crippen LogP contribution in [-0.2, 0) is 4.79 Å². The summed E-state index contributed by atoms with van der Waals surface area (Å²) in [6, 6.07) is 5.46. The van der Waals surface area contributed by atoms with Gasteiger partial charge < -0.3 is 11.1 Å². The van der Waals surface area contributed by atoms with E-state index >= 15 is 0 Å². The van der Waals surface area contributed by atoms with Gasteiger partial charge in [-0.05, 0) is 17.7 Å². The minimum absolute atomic E-state index is 0.123. The molecule has 0 heterocycles. The predicted octanol–water partition coefficient (Wildman–Crippen LogP) is 0.962. The van der Waals surface area contributed by atoms with Gasteiger partial charge in [0.2, 0.25) is 5.91 Å². The zero-order valence-electron chi connectivity index (χ0n) is 7.96. The van der Waals surface area contributed by atoms with Gasteiger partial charge in [-0.3, -0.25) is 4.79 Å². The Hall–Kier alpha value is -1.42. The molecule has 0 aliphatic rings. The first-order valence-corrected chi connectivity index (χ1v) is 4.35. The SMILES string of the molecule is CNC(=O)C[C@H](N)c1ccc(F)cc1. The molecule has 0 bridgehead atoms. The fraction of sp³-hybridized carbons (Fsp3) is 0.300. The lowest BCUT2D eigenvalue weighted by atomic mass is 10.0. The minimum atomic E-state index is -0.379. The molecule has 1 aromatic rings. The number of halogens is 1. The third-order valence-corrected chi connectivity index (χ3v) is 1.98. The molecule has 3 nitrogen and oxygen atoms in total. The van der Waals surface area contributed by atoms with Crippen LogP contribution < -0.4 is 11.1 Å². The van der Waals surface area contributed by atoms with Crippen molar-refractivity contribution in [2.24, 2.45) is 5.73 Å². The van der Waals surface area contributed by atoms with Crippen molar-refractivity contribution >= 4 is 5.91 Å². The van der Waals surface area contributed by atoms with E-state index in [9.17, 15) is 9.18 Å². The van der Waals surface area contributed by atoms with Crippen LogP contribution in [0.1, 0.15) is 18.0 Å². The molecule has 14 heavy (non-hydrogen) atoms. The van der Waals surface area contributed by atoms with E-state index in [-0.39, 0.29) is 24.2 Å². The third kappa shape index (κ3) is 2.81. The van der Waals surface area contributed by atoms with Crippen LogP contribution >= 0.6 is 0 Å². The Labute approximate surface area is 82.1 Å². The van der Waals surface area contributed by atoms with Crippen molar-refractivity contribution < 1.29 is 9.18 Å². The molecule has 0 aliphatic carbocycles. The summed E-state index contributed by atoms with van der Waals surface area (Å²) in [4.78, 5) is 11.0. The Kier molecular flexibility index (Phi) is 3.59. The van der Waals surface area contributed by atoms with Crippen LogP contribution in [0.4, 0.5) is 4.39 Å². The molecule has 1 amide bonds. The lowest BCUT2D eigenvalue weighted by Gasteiger charge is -2.10. The minimum Gasteiger partial charge on any atom is -0.359 e. The molecule has 0 spiro atoms. The van der Waals surface area contributed by atoms with Crippen LogP contribution in [0, 0.1) is 5.82 Å². The number of carbonyl (C=O) groups is 1. The first-order valence-electron chi connectivity index (χ1n) is 4.35. The van der Waals surface area contributed by atoms with Gasteiger partial charge in [-0.15, -0.1) is 0 Å². The molecular weight excluding hydrogens is 183 g/mol. The highest BCUT2D eigenvalue weighted by Crippen LogP contribution is 2.13. The highest BCUT2D eigenvalue weighted by molar-refractivity contribution is 5.76. The summed E-state index contributed by atoms with van der Waals surface area (Å²) in [5.74, 6) is -0.428. The molecule has 4 heteroatoms. The normalized spacial score (nSPS) is 12.2. The van der Waals surface area contributed by atoms with E-state index < -0.39 is 0 Å². The fourth-order valence-corrected chi connectivity index (χ4v) is 1.13. The summed E-state index contributed by atoms with van der Waals surface area (Å²) in [6.07, 6.45) is 0.210. The molecule has 0 saturated heterocycles. The maximum absolute atomic E-state index is 12.6. The van der Waals surface area contributed by atoms with Crippen LogP contribution in [0.5, 0.6) is 0 Å². The van der Waals surface area contributed by atoms with Gasteiger partial charge in [0.25, 0.3) is 0 Å². The Morgan fingerprint density at radius 3 is 2.57 bits per heavy atom. The topological polar surface area (TPSA) is 55.1 Å². The zero-order chi connectivity index (χ0) is 10.6. The van der Waals surface area contributed by atoms with Crippen LogP contribution in [-0.4, -0.2) is 13.0 Å². The van der Waals surface area contributed by atoms with Gasteiger partial charge in [-0.1, -0.05) is 12.1 Å². The number of benzene rings is 1. The number of nitrogens with two attached hydrogens (primary N) is 1. The van der Waals surface area contributed by atoms with Crippen LogP contribution in [0.15, 0.2) is 24.3 Å². The summed E-state index contributed by atoms with van der Waals surface area (Å²) in [5, 5.41) is 2.48. The van der Waals surface area contributed by atoms with E-state index in [4.69, 9.17) is 5.73 Å². The Balaban J connectivity index is 2.65. The average molecular weight is 196 g/mol. The van der Waals surface area contributed by atoms with Crippen molar-refractivity contribution in [1.82, 2.24) is 5.32 Å². The molecule has 1 aromatic carbocycles. The van der Waals surface area contributed by atoms with Crippen LogP contribution in [0.25, 0.3) is 0 Å². The standard InChI is InChI=1S/C10H13FN2O/c1-13-10(14)6-9(12)7-2-4-8(11)5-3-7/h2-5,9H,6,12H2,1H3,(H,13,14)/t9-/m0/s1. The molecule has 3 N–H and O–H groups in total. The molecule has 0 aliphatic heterocycles. The number of hydrogen-bond acceptors (Lipinski definition) is 2. The van der Waals surface area contributed by atoms with Gasteiger partial charge in [-0.2, -0.15) is 0 Å². The summed E-state index contributed by atoms with van der Waals surface area (Å²) in [6.45, 7) is 0. The molecular formula is C10H13FN2O. The number of carbonyl (C=O) groups excluding carboxylic acids is 1. The van der Waals surface area contributed by atoms with E-state index in [0.717, 1.165) is 5.56 Å². The van der Waals surface area contributed by atoms with Crippen molar-refractivity contribution in [1.29, 1.82) is 0 Å². The Bertz CT molecular complexity index is 310. The Morgan fingerprint density at radius 1 is 1.50 bits per heavy atom. The molecule has 1 atom stereocenters. The summed E-state index contributed by atoms with van der Waals surface area (Å²) in [7, 11) is 1.56. The smallest absolute Gasteiger partial charge is 0.221 e. The van der Waals surface area contributed by atoms with Gasteiger partial charge in [-0.25, -0.2) is 4.39 Å².